The fourth-order valence-electron chi connectivity index (χ4n) is 0.888. The highest BCUT2D eigenvalue weighted by Crippen LogP contribution is 2.09. The van der Waals surface area contributed by atoms with Crippen molar-refractivity contribution >= 4 is 5.97 Å². The maximum atomic E-state index is 11.5. The van der Waals surface area contributed by atoms with E-state index in [0.29, 0.717) is 0 Å². The van der Waals surface area contributed by atoms with Gasteiger partial charge in [0.1, 0.15) is 11.6 Å². The number of carbonyl (C=O) groups excluding carboxylic acids is 1. The number of nitrogens with zero attached hydrogens (tertiary/aromatic N) is 1. The minimum atomic E-state index is -0.444. The summed E-state index contributed by atoms with van der Waals surface area (Å²) in [6.07, 6.45) is 0. The summed E-state index contributed by atoms with van der Waals surface area (Å²) in [5.41, 5.74) is 5.01. The third-order valence-corrected chi connectivity index (χ3v) is 1.53. The lowest BCUT2D eigenvalue weighted by atomic mass is 10.2. The Morgan fingerprint density at radius 2 is 1.92 bits per heavy atom. The Bertz CT molecular complexity index is 173. The largest absolute Gasteiger partial charge is 0.459 e. The van der Waals surface area contributed by atoms with Crippen LogP contribution in [0.5, 0.6) is 0 Å². The van der Waals surface area contributed by atoms with Gasteiger partial charge in [0, 0.05) is 6.54 Å². The molecule has 0 spiro atoms. The Morgan fingerprint density at radius 3 is 2.15 bits per heavy atom. The molecule has 0 aliphatic rings. The van der Waals surface area contributed by atoms with Crippen LogP contribution in [0.25, 0.3) is 0 Å². The third kappa shape index (κ3) is 4.85. The minimum Gasteiger partial charge on any atom is -0.459 e. The molecule has 0 aliphatic carbocycles. The Morgan fingerprint density at radius 1 is 1.46 bits per heavy atom. The van der Waals surface area contributed by atoms with Crippen LogP contribution >= 0.6 is 0 Å². The van der Waals surface area contributed by atoms with Crippen molar-refractivity contribution in [2.75, 3.05) is 20.6 Å². The van der Waals surface area contributed by atoms with Crippen molar-refractivity contribution in [3.8, 4) is 0 Å². The molecule has 78 valence electrons. The molecule has 4 heteroatoms. The standard InChI is InChI=1S/C9H20N2O2/c1-9(2,3)13-8(12)7(6-10)11(4)5/h7H,6,10H2,1-5H3/t7-/m0/s1. The minimum absolute atomic E-state index is 0.264. The van der Waals surface area contributed by atoms with E-state index >= 15 is 0 Å². The van der Waals surface area contributed by atoms with Crippen LogP contribution in [0.15, 0.2) is 0 Å². The van der Waals surface area contributed by atoms with Crippen molar-refractivity contribution in [3.63, 3.8) is 0 Å². The van der Waals surface area contributed by atoms with Crippen molar-refractivity contribution in [1.29, 1.82) is 0 Å². The molecule has 0 aromatic rings. The second-order valence-electron chi connectivity index (χ2n) is 4.25. The van der Waals surface area contributed by atoms with E-state index in [1.165, 1.54) is 0 Å². The fourth-order valence-corrected chi connectivity index (χ4v) is 0.888. The van der Waals surface area contributed by atoms with Crippen LogP contribution in [-0.4, -0.2) is 43.2 Å². The number of hydrogen-bond donors (Lipinski definition) is 1. The molecule has 0 amide bonds. The predicted molar refractivity (Wildman–Crippen MR) is 52.4 cm³/mol. The van der Waals surface area contributed by atoms with Gasteiger partial charge in [0.2, 0.25) is 0 Å². The molecule has 0 bridgehead atoms. The van der Waals surface area contributed by atoms with Crippen molar-refractivity contribution < 1.29 is 9.53 Å². The van der Waals surface area contributed by atoms with Crippen molar-refractivity contribution in [3.05, 3.63) is 0 Å². The first kappa shape index (κ1) is 12.4. The summed E-state index contributed by atoms with van der Waals surface area (Å²) < 4.78 is 5.19. The van der Waals surface area contributed by atoms with Crippen LogP contribution < -0.4 is 5.73 Å². The number of carbonyl (C=O) groups is 1. The van der Waals surface area contributed by atoms with E-state index in [0.717, 1.165) is 0 Å². The number of ether oxygens (including phenoxy) is 1. The molecule has 0 heterocycles. The average molecular weight is 188 g/mol. The van der Waals surface area contributed by atoms with E-state index in [4.69, 9.17) is 10.5 Å². The zero-order chi connectivity index (χ0) is 10.6. The molecule has 0 aromatic heterocycles. The highest BCUT2D eigenvalue weighted by molar-refractivity contribution is 5.76. The number of hydrogen-bond acceptors (Lipinski definition) is 4. The first-order valence-electron chi connectivity index (χ1n) is 4.37. The number of likely N-dealkylation sites (N-methyl/N-ethyl adjacent to an activating group) is 1. The lowest BCUT2D eigenvalue weighted by Crippen LogP contribution is -2.45. The fraction of sp³-hybridized carbons (Fsp3) is 0.889. The van der Waals surface area contributed by atoms with E-state index in [-0.39, 0.29) is 18.6 Å². The van der Waals surface area contributed by atoms with Gasteiger partial charge in [-0.25, -0.2) is 0 Å². The molecular weight excluding hydrogens is 168 g/mol. The smallest absolute Gasteiger partial charge is 0.325 e. The summed E-state index contributed by atoms with van der Waals surface area (Å²) in [4.78, 5) is 13.2. The molecule has 0 radical (unpaired) electrons. The van der Waals surface area contributed by atoms with E-state index in [9.17, 15) is 4.79 Å². The van der Waals surface area contributed by atoms with Crippen LogP contribution in [0.1, 0.15) is 20.8 Å². The van der Waals surface area contributed by atoms with E-state index in [1.807, 2.05) is 20.8 Å². The van der Waals surface area contributed by atoms with Gasteiger partial charge in [0.25, 0.3) is 0 Å². The maximum absolute atomic E-state index is 11.5. The molecule has 0 saturated heterocycles. The first-order valence-corrected chi connectivity index (χ1v) is 4.37. The van der Waals surface area contributed by atoms with E-state index < -0.39 is 5.60 Å². The van der Waals surface area contributed by atoms with E-state index in [2.05, 4.69) is 0 Å². The topological polar surface area (TPSA) is 55.6 Å². The molecule has 0 aliphatic heterocycles. The molecule has 0 rings (SSSR count). The van der Waals surface area contributed by atoms with Crippen LogP contribution in [0, 0.1) is 0 Å². The summed E-state index contributed by atoms with van der Waals surface area (Å²) in [5.74, 6) is -0.264. The zero-order valence-corrected chi connectivity index (χ0v) is 9.13. The number of esters is 1. The monoisotopic (exact) mass is 188 g/mol. The van der Waals surface area contributed by atoms with Crippen molar-refractivity contribution in [1.82, 2.24) is 4.90 Å². The molecule has 4 nitrogen and oxygen atoms in total. The van der Waals surface area contributed by atoms with Gasteiger partial charge in [-0.2, -0.15) is 0 Å². The molecule has 0 fully saturated rings. The van der Waals surface area contributed by atoms with E-state index in [1.54, 1.807) is 19.0 Å². The SMILES string of the molecule is CN(C)[C@@H](CN)C(=O)OC(C)(C)C. The maximum Gasteiger partial charge on any atom is 0.325 e. The molecular formula is C9H20N2O2. The summed E-state index contributed by atoms with van der Waals surface area (Å²) >= 11 is 0. The second kappa shape index (κ2) is 4.58. The highest BCUT2D eigenvalue weighted by Gasteiger charge is 2.25. The van der Waals surface area contributed by atoms with Crippen LogP contribution in [0.4, 0.5) is 0 Å². The van der Waals surface area contributed by atoms with Crippen LogP contribution in [-0.2, 0) is 9.53 Å². The normalized spacial score (nSPS) is 14.4. The van der Waals surface area contributed by atoms with Gasteiger partial charge in [-0.05, 0) is 34.9 Å². The first-order chi connectivity index (χ1) is 5.78. The van der Waals surface area contributed by atoms with Gasteiger partial charge in [-0.3, -0.25) is 9.69 Å². The molecule has 13 heavy (non-hydrogen) atoms. The Balaban J connectivity index is 4.23. The second-order valence-corrected chi connectivity index (χ2v) is 4.25. The summed E-state index contributed by atoms with van der Waals surface area (Å²) in [6.45, 7) is 5.80. The Labute approximate surface area is 80.0 Å². The van der Waals surface area contributed by atoms with Crippen molar-refractivity contribution in [2.45, 2.75) is 32.4 Å². The van der Waals surface area contributed by atoms with Gasteiger partial charge < -0.3 is 10.5 Å². The average Bonchev–Trinajstić information content (AvgIpc) is 1.82. The zero-order valence-electron chi connectivity index (χ0n) is 9.13. The van der Waals surface area contributed by atoms with Crippen molar-refractivity contribution in [2.24, 2.45) is 5.73 Å². The lowest BCUT2D eigenvalue weighted by Gasteiger charge is -2.26. The van der Waals surface area contributed by atoms with Gasteiger partial charge in [0.15, 0.2) is 0 Å². The lowest BCUT2D eigenvalue weighted by molar-refractivity contribution is -0.160. The summed E-state index contributed by atoms with van der Waals surface area (Å²) in [7, 11) is 3.61. The quantitative estimate of drug-likeness (QED) is 0.644. The van der Waals surface area contributed by atoms with Crippen LogP contribution in [0.3, 0.4) is 0 Å². The summed E-state index contributed by atoms with van der Waals surface area (Å²) in [6, 6.07) is -0.348. The molecule has 0 saturated carbocycles. The van der Waals surface area contributed by atoms with Gasteiger partial charge in [-0.15, -0.1) is 0 Å². The summed E-state index contributed by atoms with van der Waals surface area (Å²) in [5, 5.41) is 0. The van der Waals surface area contributed by atoms with Gasteiger partial charge in [0.05, 0.1) is 0 Å². The highest BCUT2D eigenvalue weighted by atomic mass is 16.6. The number of rotatable bonds is 3. The Hall–Kier alpha value is -0.610. The molecule has 0 aromatic carbocycles. The third-order valence-electron chi connectivity index (χ3n) is 1.53. The number of nitrogens with two attached hydrogens (primary N) is 1. The molecule has 0 unspecified atom stereocenters. The molecule has 2 N–H and O–H groups in total. The van der Waals surface area contributed by atoms with Crippen LogP contribution in [0.2, 0.25) is 0 Å². The van der Waals surface area contributed by atoms with Gasteiger partial charge >= 0.3 is 5.97 Å². The predicted octanol–water partition coefficient (Wildman–Crippen LogP) is 0.217. The Kier molecular flexibility index (Phi) is 4.36. The molecule has 1 atom stereocenters. The van der Waals surface area contributed by atoms with Gasteiger partial charge in [-0.1, -0.05) is 0 Å².